The molecule has 2 rings (SSSR count). The summed E-state index contributed by atoms with van der Waals surface area (Å²) in [5.74, 6) is 0. The Labute approximate surface area is 134 Å². The molecule has 0 unspecified atom stereocenters. The van der Waals surface area contributed by atoms with Crippen LogP contribution in [0.1, 0.15) is 0 Å². The minimum Gasteiger partial charge on any atom is -0.278 e. The molecule has 0 aliphatic carbocycles. The van der Waals surface area contributed by atoms with E-state index < -0.39 is 14.9 Å². The first kappa shape index (κ1) is 15.7. The van der Waals surface area contributed by atoms with Crippen molar-refractivity contribution in [3.05, 3.63) is 62.1 Å². The number of hydrogen-bond acceptors (Lipinski definition) is 4. The molecule has 6 nitrogen and oxygen atoms in total. The van der Waals surface area contributed by atoms with E-state index in [9.17, 15) is 18.5 Å². The van der Waals surface area contributed by atoms with Gasteiger partial charge in [0.1, 0.15) is 0 Å². The van der Waals surface area contributed by atoms with Crippen LogP contribution >= 0.6 is 27.5 Å². The highest BCUT2D eigenvalue weighted by atomic mass is 79.9. The van der Waals surface area contributed by atoms with Gasteiger partial charge in [0.05, 0.1) is 15.5 Å². The highest BCUT2D eigenvalue weighted by molar-refractivity contribution is 9.10. The third-order valence-corrected chi connectivity index (χ3v) is 4.81. The smallest absolute Gasteiger partial charge is 0.269 e. The summed E-state index contributed by atoms with van der Waals surface area (Å²) >= 11 is 8.98. The minimum absolute atomic E-state index is 0.0741. The predicted octanol–water partition coefficient (Wildman–Crippen LogP) is 3.81. The van der Waals surface area contributed by atoms with Gasteiger partial charge >= 0.3 is 0 Å². The molecule has 0 saturated heterocycles. The molecule has 2 aromatic carbocycles. The van der Waals surface area contributed by atoms with Gasteiger partial charge in [0.25, 0.3) is 15.7 Å². The van der Waals surface area contributed by atoms with E-state index in [4.69, 9.17) is 11.6 Å². The third kappa shape index (κ3) is 3.72. The van der Waals surface area contributed by atoms with Crippen molar-refractivity contribution in [1.82, 2.24) is 0 Å². The van der Waals surface area contributed by atoms with Crippen molar-refractivity contribution in [1.29, 1.82) is 0 Å². The van der Waals surface area contributed by atoms with Gasteiger partial charge in [-0.15, -0.1) is 0 Å². The highest BCUT2D eigenvalue weighted by Gasteiger charge is 2.17. The quantitative estimate of drug-likeness (QED) is 0.634. The van der Waals surface area contributed by atoms with Crippen LogP contribution in [-0.2, 0) is 10.0 Å². The molecule has 110 valence electrons. The molecule has 0 saturated carbocycles. The maximum atomic E-state index is 12.2. The fraction of sp³-hybridized carbons (Fsp3) is 0. The average Bonchev–Trinajstić information content (AvgIpc) is 2.42. The van der Waals surface area contributed by atoms with E-state index in [1.54, 1.807) is 12.1 Å². The fourth-order valence-corrected chi connectivity index (χ4v) is 3.52. The van der Waals surface area contributed by atoms with Gasteiger partial charge < -0.3 is 0 Å². The topological polar surface area (TPSA) is 89.3 Å². The number of hydrogen-bond donors (Lipinski definition) is 1. The number of benzene rings is 2. The largest absolute Gasteiger partial charge is 0.278 e. The van der Waals surface area contributed by atoms with Crippen LogP contribution in [-0.4, -0.2) is 13.3 Å². The van der Waals surface area contributed by atoms with Crippen LogP contribution in [0.5, 0.6) is 0 Å². The van der Waals surface area contributed by atoms with E-state index in [1.165, 1.54) is 18.2 Å². The Bertz CT molecular complexity index is 793. The van der Waals surface area contributed by atoms with E-state index in [0.717, 1.165) is 12.1 Å². The van der Waals surface area contributed by atoms with Gasteiger partial charge in [-0.25, -0.2) is 8.42 Å². The SMILES string of the molecule is O=[N+]([O-])c1ccc(S(=O)(=O)Nc2ccc(Cl)cc2Br)cc1. The molecule has 0 fully saturated rings. The average molecular weight is 392 g/mol. The second kappa shape index (κ2) is 6.00. The van der Waals surface area contributed by atoms with Crippen molar-refractivity contribution < 1.29 is 13.3 Å². The molecule has 0 aliphatic heterocycles. The van der Waals surface area contributed by atoms with Crippen LogP contribution < -0.4 is 4.72 Å². The monoisotopic (exact) mass is 390 g/mol. The van der Waals surface area contributed by atoms with Crippen LogP contribution in [0, 0.1) is 10.1 Å². The summed E-state index contributed by atoms with van der Waals surface area (Å²) in [5, 5.41) is 11.0. The van der Waals surface area contributed by atoms with Gasteiger partial charge in [-0.3, -0.25) is 14.8 Å². The van der Waals surface area contributed by atoms with Gasteiger partial charge in [-0.05, 0) is 46.3 Å². The van der Waals surface area contributed by atoms with Gasteiger partial charge in [0.15, 0.2) is 0 Å². The molecule has 21 heavy (non-hydrogen) atoms. The summed E-state index contributed by atoms with van der Waals surface area (Å²) in [6, 6.07) is 9.20. The zero-order chi connectivity index (χ0) is 15.6. The predicted molar refractivity (Wildman–Crippen MR) is 83.1 cm³/mol. The molecular formula is C12H8BrClN2O4S. The van der Waals surface area contributed by atoms with Crippen LogP contribution in [0.4, 0.5) is 11.4 Å². The van der Waals surface area contributed by atoms with Gasteiger partial charge in [-0.1, -0.05) is 11.6 Å². The standard InChI is InChI=1S/C12H8BrClN2O4S/c13-11-7-8(14)1-6-12(11)15-21(19,20)10-4-2-9(3-5-10)16(17)18/h1-7,15H. The zero-order valence-corrected chi connectivity index (χ0v) is 13.4. The number of nitrogens with one attached hydrogen (secondary N) is 1. The molecule has 9 heteroatoms. The van der Waals surface area contributed by atoms with E-state index in [1.807, 2.05) is 0 Å². The first-order valence-corrected chi connectivity index (χ1v) is 8.17. The fourth-order valence-electron chi connectivity index (χ4n) is 1.52. The Morgan fingerprint density at radius 2 is 1.76 bits per heavy atom. The molecule has 0 aliphatic rings. The summed E-state index contributed by atoms with van der Waals surface area (Å²) in [5.41, 5.74) is 0.138. The molecule has 0 atom stereocenters. The van der Waals surface area contributed by atoms with Gasteiger partial charge in [-0.2, -0.15) is 0 Å². The van der Waals surface area contributed by atoms with Crippen molar-refractivity contribution in [2.24, 2.45) is 0 Å². The molecule has 1 N–H and O–H groups in total. The molecule has 0 amide bonds. The van der Waals surface area contributed by atoms with Gasteiger partial charge in [0, 0.05) is 21.6 Å². The highest BCUT2D eigenvalue weighted by Crippen LogP contribution is 2.28. The third-order valence-electron chi connectivity index (χ3n) is 2.53. The lowest BCUT2D eigenvalue weighted by molar-refractivity contribution is -0.384. The molecule has 0 radical (unpaired) electrons. The summed E-state index contributed by atoms with van der Waals surface area (Å²) in [6.07, 6.45) is 0. The maximum Gasteiger partial charge on any atom is 0.269 e. The number of anilines is 1. The Morgan fingerprint density at radius 1 is 1.14 bits per heavy atom. The Balaban J connectivity index is 2.31. The maximum absolute atomic E-state index is 12.2. The van der Waals surface area contributed by atoms with E-state index in [0.29, 0.717) is 15.2 Å². The Hall–Kier alpha value is -1.64. The lowest BCUT2D eigenvalue weighted by atomic mass is 10.3. The first-order valence-electron chi connectivity index (χ1n) is 5.52. The lowest BCUT2D eigenvalue weighted by Gasteiger charge is -2.09. The molecular weight excluding hydrogens is 384 g/mol. The molecule has 0 spiro atoms. The van der Waals surface area contributed by atoms with E-state index >= 15 is 0 Å². The Morgan fingerprint density at radius 3 is 2.29 bits per heavy atom. The Kier molecular flexibility index (Phi) is 4.50. The van der Waals surface area contributed by atoms with Crippen LogP contribution in [0.3, 0.4) is 0 Å². The lowest BCUT2D eigenvalue weighted by Crippen LogP contribution is -2.13. The minimum atomic E-state index is -3.84. The number of non-ortho nitro benzene ring substituents is 1. The van der Waals surface area contributed by atoms with Crippen LogP contribution in [0.2, 0.25) is 5.02 Å². The van der Waals surface area contributed by atoms with E-state index in [-0.39, 0.29) is 10.6 Å². The number of halogens is 2. The zero-order valence-electron chi connectivity index (χ0n) is 10.3. The van der Waals surface area contributed by atoms with Crippen LogP contribution in [0.15, 0.2) is 51.8 Å². The second-order valence-electron chi connectivity index (χ2n) is 3.98. The second-order valence-corrected chi connectivity index (χ2v) is 6.95. The molecule has 0 bridgehead atoms. The normalized spacial score (nSPS) is 11.1. The summed E-state index contributed by atoms with van der Waals surface area (Å²) < 4.78 is 27.2. The number of nitrogens with zero attached hydrogens (tertiary/aromatic N) is 1. The van der Waals surface area contributed by atoms with Crippen LogP contribution in [0.25, 0.3) is 0 Å². The summed E-state index contributed by atoms with van der Waals surface area (Å²) in [6.45, 7) is 0. The van der Waals surface area contributed by atoms with Crippen molar-refractivity contribution in [2.45, 2.75) is 4.90 Å². The summed E-state index contributed by atoms with van der Waals surface area (Å²) in [7, 11) is -3.84. The number of nitro groups is 1. The number of nitro benzene ring substituents is 1. The van der Waals surface area contributed by atoms with Crippen molar-refractivity contribution in [3.8, 4) is 0 Å². The van der Waals surface area contributed by atoms with Crippen molar-refractivity contribution >= 4 is 48.9 Å². The first-order chi connectivity index (χ1) is 9.79. The molecule has 2 aromatic rings. The summed E-state index contributed by atoms with van der Waals surface area (Å²) in [4.78, 5) is 9.88. The van der Waals surface area contributed by atoms with Crippen molar-refractivity contribution in [2.75, 3.05) is 4.72 Å². The van der Waals surface area contributed by atoms with Crippen molar-refractivity contribution in [3.63, 3.8) is 0 Å². The molecule has 0 heterocycles. The number of rotatable bonds is 4. The molecule has 0 aromatic heterocycles. The van der Waals surface area contributed by atoms with E-state index in [2.05, 4.69) is 20.7 Å². The van der Waals surface area contributed by atoms with Gasteiger partial charge in [0.2, 0.25) is 0 Å². The number of sulfonamides is 1.